The Labute approximate surface area is 269 Å². The summed E-state index contributed by atoms with van der Waals surface area (Å²) in [7, 11) is 0. The Balaban J connectivity index is 1.22. The SMILES string of the molecule is CC1C(c2cc(F)cc(F)c2F)CC2NC(=O)c3cnc4c(c3)C[C@@]3(C4)C(=O)Nc4ncc(cc43)/C=C\COCCCCCN1C2=O. The van der Waals surface area contributed by atoms with Gasteiger partial charge in [-0.15, -0.1) is 0 Å². The van der Waals surface area contributed by atoms with Crippen LogP contribution in [0, 0.1) is 17.5 Å². The molecule has 5 heterocycles. The molecule has 1 fully saturated rings. The highest BCUT2D eigenvalue weighted by atomic mass is 19.2. The number of aromatic nitrogens is 2. The molecule has 1 aromatic carbocycles. The first-order valence-corrected chi connectivity index (χ1v) is 15.9. The summed E-state index contributed by atoms with van der Waals surface area (Å²) < 4.78 is 49.4. The predicted molar refractivity (Wildman–Crippen MR) is 166 cm³/mol. The van der Waals surface area contributed by atoms with E-state index in [0.717, 1.165) is 35.6 Å². The highest BCUT2D eigenvalue weighted by molar-refractivity contribution is 6.06. The number of nitrogens with one attached hydrogen (secondary N) is 2. The number of carbonyl (C=O) groups is 3. The Bertz CT molecular complexity index is 1820. The summed E-state index contributed by atoms with van der Waals surface area (Å²) in [5.41, 5.74) is 2.14. The van der Waals surface area contributed by atoms with Gasteiger partial charge in [-0.3, -0.25) is 19.4 Å². The molecule has 0 saturated carbocycles. The van der Waals surface area contributed by atoms with Crippen LogP contribution in [-0.2, 0) is 32.6 Å². The molecule has 244 valence electrons. The molecule has 1 spiro atoms. The van der Waals surface area contributed by atoms with E-state index in [9.17, 15) is 23.2 Å². The standard InChI is InChI=1S/C35H34F3N5O4/c1-19-24(25-12-23(36)13-27(37)30(25)38)14-28-33(45)43(19)7-3-2-4-8-47-9-5-6-20-10-26-31(40-17-20)42-34(46)35(26)15-21-11-22(32(44)41-28)18-39-29(21)16-35/h5-6,10-13,17-19,24,28H,2-4,7-9,14-16H2,1H3,(H,41,44)(H,40,42,46)/b6-5-/t19?,24?,28?,35-/m0/s1. The number of halogens is 3. The number of pyridine rings is 2. The molecule has 4 atom stereocenters. The van der Waals surface area contributed by atoms with Crippen LogP contribution in [0.15, 0.2) is 42.7 Å². The average Bonchev–Trinajstić information content (AvgIpc) is 3.56. The van der Waals surface area contributed by atoms with Crippen molar-refractivity contribution >= 4 is 29.6 Å². The molecule has 3 unspecified atom stereocenters. The van der Waals surface area contributed by atoms with Gasteiger partial charge in [0, 0.05) is 61.2 Å². The number of rotatable bonds is 1. The van der Waals surface area contributed by atoms with Gasteiger partial charge in [-0.05, 0) is 73.9 Å². The maximum absolute atomic E-state index is 15.1. The lowest BCUT2D eigenvalue weighted by Crippen LogP contribution is -2.58. The van der Waals surface area contributed by atoms with Gasteiger partial charge in [0.15, 0.2) is 11.6 Å². The van der Waals surface area contributed by atoms with Crippen LogP contribution in [0.5, 0.6) is 0 Å². The van der Waals surface area contributed by atoms with Crippen LogP contribution >= 0.6 is 0 Å². The maximum atomic E-state index is 15.1. The van der Waals surface area contributed by atoms with Gasteiger partial charge >= 0.3 is 0 Å². The normalized spacial score (nSPS) is 26.8. The summed E-state index contributed by atoms with van der Waals surface area (Å²) in [5.74, 6) is -4.77. The maximum Gasteiger partial charge on any atom is 0.253 e. The molecule has 3 aromatic rings. The van der Waals surface area contributed by atoms with Gasteiger partial charge in [0.05, 0.1) is 17.6 Å². The first-order chi connectivity index (χ1) is 22.6. The van der Waals surface area contributed by atoms with Gasteiger partial charge in [0.1, 0.15) is 17.7 Å². The quantitative estimate of drug-likeness (QED) is 0.374. The molecule has 9 nitrogen and oxygen atoms in total. The second-order valence-corrected chi connectivity index (χ2v) is 12.9. The fourth-order valence-corrected chi connectivity index (χ4v) is 7.46. The molecular weight excluding hydrogens is 611 g/mol. The largest absolute Gasteiger partial charge is 0.377 e. The predicted octanol–water partition coefficient (Wildman–Crippen LogP) is 4.60. The lowest BCUT2D eigenvalue weighted by molar-refractivity contribution is -0.139. The van der Waals surface area contributed by atoms with Crippen LogP contribution in [0.1, 0.15) is 76.8 Å². The molecule has 7 bridgehead atoms. The molecule has 12 heteroatoms. The van der Waals surface area contributed by atoms with E-state index in [0.29, 0.717) is 56.6 Å². The first-order valence-electron chi connectivity index (χ1n) is 15.9. The second kappa shape index (κ2) is 12.2. The monoisotopic (exact) mass is 645 g/mol. The van der Waals surface area contributed by atoms with E-state index in [1.165, 1.54) is 6.20 Å². The van der Waals surface area contributed by atoms with Crippen molar-refractivity contribution in [3.05, 3.63) is 93.7 Å². The fraction of sp³-hybridized carbons (Fsp3) is 0.400. The van der Waals surface area contributed by atoms with Crippen molar-refractivity contribution < 1.29 is 32.3 Å². The average molecular weight is 646 g/mol. The van der Waals surface area contributed by atoms with Crippen LogP contribution in [0.25, 0.3) is 6.08 Å². The van der Waals surface area contributed by atoms with Crippen molar-refractivity contribution in [3.8, 4) is 0 Å². The van der Waals surface area contributed by atoms with Crippen LogP contribution in [0.4, 0.5) is 19.0 Å². The van der Waals surface area contributed by atoms with Crippen molar-refractivity contribution in [1.82, 2.24) is 20.2 Å². The zero-order valence-electron chi connectivity index (χ0n) is 25.8. The zero-order chi connectivity index (χ0) is 32.9. The van der Waals surface area contributed by atoms with E-state index in [-0.39, 0.29) is 29.4 Å². The van der Waals surface area contributed by atoms with Gasteiger partial charge in [0.25, 0.3) is 5.91 Å². The molecule has 4 aliphatic rings. The van der Waals surface area contributed by atoms with Crippen LogP contribution < -0.4 is 10.6 Å². The molecule has 47 heavy (non-hydrogen) atoms. The minimum atomic E-state index is -1.31. The third kappa shape index (κ3) is 5.58. The third-order valence-electron chi connectivity index (χ3n) is 9.96. The Morgan fingerprint density at radius 1 is 1.00 bits per heavy atom. The molecule has 3 aliphatic heterocycles. The number of piperidine rings is 1. The van der Waals surface area contributed by atoms with Gasteiger partial charge in [-0.25, -0.2) is 18.2 Å². The number of nitrogens with zero attached hydrogens (tertiary/aromatic N) is 3. The smallest absolute Gasteiger partial charge is 0.253 e. The van der Waals surface area contributed by atoms with E-state index in [4.69, 9.17) is 4.74 Å². The number of fused-ring (bicyclic) bond motifs is 4. The highest BCUT2D eigenvalue weighted by Gasteiger charge is 2.52. The van der Waals surface area contributed by atoms with Crippen molar-refractivity contribution in [2.45, 2.75) is 68.9 Å². The van der Waals surface area contributed by atoms with Crippen molar-refractivity contribution in [2.24, 2.45) is 0 Å². The Morgan fingerprint density at radius 3 is 2.70 bits per heavy atom. The topological polar surface area (TPSA) is 114 Å². The second-order valence-electron chi connectivity index (χ2n) is 12.9. The summed E-state index contributed by atoms with van der Waals surface area (Å²) in [6, 6.07) is 3.44. The van der Waals surface area contributed by atoms with E-state index in [1.54, 1.807) is 24.1 Å². The Kier molecular flexibility index (Phi) is 8.07. The minimum absolute atomic E-state index is 0.0445. The summed E-state index contributed by atoms with van der Waals surface area (Å²) in [4.78, 5) is 51.4. The first kappa shape index (κ1) is 31.0. The molecule has 1 saturated heterocycles. The third-order valence-corrected chi connectivity index (χ3v) is 9.96. The molecule has 3 amide bonds. The lowest BCUT2D eigenvalue weighted by Gasteiger charge is -2.43. The number of amides is 3. The Morgan fingerprint density at radius 2 is 1.85 bits per heavy atom. The fourth-order valence-electron chi connectivity index (χ4n) is 7.46. The summed E-state index contributed by atoms with van der Waals surface area (Å²) in [5, 5.41) is 5.70. The molecule has 1 aliphatic carbocycles. The van der Waals surface area contributed by atoms with Crippen molar-refractivity contribution in [3.63, 3.8) is 0 Å². The van der Waals surface area contributed by atoms with Gasteiger partial charge in [-0.2, -0.15) is 0 Å². The number of hydrogen-bond acceptors (Lipinski definition) is 6. The minimum Gasteiger partial charge on any atom is -0.377 e. The highest BCUT2D eigenvalue weighted by Crippen LogP contribution is 2.46. The van der Waals surface area contributed by atoms with E-state index in [1.807, 2.05) is 18.2 Å². The number of ether oxygens (including phenoxy) is 1. The molecule has 2 N–H and O–H groups in total. The lowest BCUT2D eigenvalue weighted by atomic mass is 9.79. The number of benzene rings is 1. The van der Waals surface area contributed by atoms with Crippen molar-refractivity contribution in [1.29, 1.82) is 0 Å². The molecule has 2 aromatic heterocycles. The van der Waals surface area contributed by atoms with Crippen LogP contribution in [0.3, 0.4) is 0 Å². The van der Waals surface area contributed by atoms with Gasteiger partial charge < -0.3 is 20.3 Å². The summed E-state index contributed by atoms with van der Waals surface area (Å²) in [6.07, 6.45) is 9.62. The number of carbonyl (C=O) groups excluding carboxylic acids is 3. The van der Waals surface area contributed by atoms with Gasteiger partial charge in [0.2, 0.25) is 11.8 Å². The zero-order valence-corrected chi connectivity index (χ0v) is 25.8. The molecular formula is C35H34F3N5O4. The number of hydrogen-bond donors (Lipinski definition) is 2. The van der Waals surface area contributed by atoms with Crippen LogP contribution in [0.2, 0.25) is 0 Å². The molecule has 0 radical (unpaired) electrons. The molecule has 7 rings (SSSR count). The number of anilines is 1. The summed E-state index contributed by atoms with van der Waals surface area (Å²) in [6.45, 7) is 2.94. The van der Waals surface area contributed by atoms with E-state index < -0.39 is 46.8 Å². The van der Waals surface area contributed by atoms with E-state index >= 15 is 4.39 Å². The van der Waals surface area contributed by atoms with E-state index in [2.05, 4.69) is 20.6 Å². The van der Waals surface area contributed by atoms with Crippen LogP contribution in [-0.4, -0.2) is 64.4 Å². The Hall–Kier alpha value is -4.58. The summed E-state index contributed by atoms with van der Waals surface area (Å²) >= 11 is 0. The van der Waals surface area contributed by atoms with Crippen molar-refractivity contribution in [2.75, 3.05) is 25.1 Å². The van der Waals surface area contributed by atoms with Gasteiger partial charge in [-0.1, -0.05) is 12.2 Å².